The summed E-state index contributed by atoms with van der Waals surface area (Å²) < 4.78 is 4.29. The van der Waals surface area contributed by atoms with Gasteiger partial charge in [0.15, 0.2) is 0 Å². The van der Waals surface area contributed by atoms with Crippen LogP contribution in [0.3, 0.4) is 0 Å². The minimum atomic E-state index is -3.29. The molecule has 1 saturated heterocycles. The van der Waals surface area contributed by atoms with Crippen molar-refractivity contribution in [2.75, 3.05) is 0 Å². The topological polar surface area (TPSA) is 0 Å². The first-order valence-corrected chi connectivity index (χ1v) is 32.0. The monoisotopic (exact) mass is 821 g/mol. The van der Waals surface area contributed by atoms with Crippen LogP contribution in [0.2, 0.25) is 14.7 Å². The van der Waals surface area contributed by atoms with Crippen LogP contribution < -0.4 is 0 Å². The standard InChI is InChI=1S/C39H66.2C6H11.Sn/c1-7-19-31(20-8-1)37(32-21-9-2-10-22-32)39(35-27-15-5-16-28-35,36-29-17-6-18-30-36)38(33-23-11-3-12-24-33)34-25-13-4-14-26-34;2*1-2-4-6-5-3-1;/h31-36H,1-30H2;2*1H,2-6H2;. The van der Waals surface area contributed by atoms with Gasteiger partial charge >= 0.3 is 331 Å². The van der Waals surface area contributed by atoms with Gasteiger partial charge in [0.05, 0.1) is 0 Å². The molecule has 9 fully saturated rings. The summed E-state index contributed by atoms with van der Waals surface area (Å²) in [7, 11) is 0. The van der Waals surface area contributed by atoms with E-state index in [-0.39, 0.29) is 0 Å². The zero-order chi connectivity index (χ0) is 34.9. The Hall–Kier alpha value is 0.799. The maximum atomic E-state index is 1.75. The Labute approximate surface area is 329 Å². The minimum absolute atomic E-state index is 0.750. The number of rotatable bonds is 8. The predicted octanol–water partition coefficient (Wildman–Crippen LogP) is 17.1. The second kappa shape index (κ2) is 17.0. The molecule has 0 aromatic carbocycles. The Morgan fingerprint density at radius 2 is 0.404 bits per heavy atom. The Bertz CT molecular complexity index is 824. The maximum absolute atomic E-state index is 3.29. The van der Waals surface area contributed by atoms with E-state index >= 15 is 0 Å². The molecule has 296 valence electrons. The molecule has 8 saturated carbocycles. The van der Waals surface area contributed by atoms with Crippen molar-refractivity contribution in [1.29, 1.82) is 0 Å². The molecule has 0 aromatic rings. The Kier molecular flexibility index (Phi) is 12.5. The number of hydrogen-bond donors (Lipinski definition) is 0. The molecule has 9 rings (SSSR count). The van der Waals surface area contributed by atoms with E-state index < -0.39 is 18.4 Å². The van der Waals surface area contributed by atoms with Crippen molar-refractivity contribution >= 4 is 18.4 Å². The first kappa shape index (κ1) is 38.3. The molecule has 0 N–H and O–H groups in total. The van der Waals surface area contributed by atoms with E-state index in [1.807, 2.05) is 0 Å². The quantitative estimate of drug-likeness (QED) is 0.214. The molecule has 0 nitrogen and oxygen atoms in total. The molecule has 8 aliphatic carbocycles. The molecule has 0 atom stereocenters. The third-order valence-corrected chi connectivity index (χ3v) is 46.2. The summed E-state index contributed by atoms with van der Waals surface area (Å²) in [6.45, 7) is 0. The van der Waals surface area contributed by atoms with Gasteiger partial charge in [-0.3, -0.25) is 0 Å². The van der Waals surface area contributed by atoms with Crippen molar-refractivity contribution in [3.8, 4) is 0 Å². The molecule has 0 radical (unpaired) electrons. The van der Waals surface area contributed by atoms with Crippen LogP contribution in [-0.2, 0) is 0 Å². The fraction of sp³-hybridized carbons (Fsp3) is 1.00. The molecule has 1 heterocycles. The van der Waals surface area contributed by atoms with E-state index in [2.05, 4.69) is 0 Å². The van der Waals surface area contributed by atoms with Gasteiger partial charge in [0.25, 0.3) is 0 Å². The van der Waals surface area contributed by atoms with Gasteiger partial charge in [-0.2, -0.15) is 0 Å². The van der Waals surface area contributed by atoms with Crippen molar-refractivity contribution < 1.29 is 0 Å². The van der Waals surface area contributed by atoms with Crippen LogP contribution in [0.15, 0.2) is 0 Å². The third-order valence-electron chi connectivity index (χ3n) is 20.7. The van der Waals surface area contributed by atoms with Crippen LogP contribution in [-0.4, -0.2) is 18.4 Å². The zero-order valence-electron chi connectivity index (χ0n) is 34.9. The molecule has 0 spiro atoms. The second-order valence-corrected chi connectivity index (χ2v) is 36.5. The first-order chi connectivity index (χ1) is 25.8. The van der Waals surface area contributed by atoms with Crippen LogP contribution >= 0.6 is 0 Å². The Balaban J connectivity index is 1.44. The van der Waals surface area contributed by atoms with Crippen LogP contribution in [0, 0.1) is 40.9 Å². The SMILES string of the molecule is C1CCC(C2(C3CCCCC3)[C](C3CCCCC3)(C3CCCCC3)[Sn]([CH]3CCCCC3)([CH]3CCCCC3)[C]2(C2CCCCC2)C2CCCCC2)CC1. The molecule has 0 bridgehead atoms. The van der Waals surface area contributed by atoms with Gasteiger partial charge < -0.3 is 0 Å². The van der Waals surface area contributed by atoms with Gasteiger partial charge in [0.1, 0.15) is 0 Å². The van der Waals surface area contributed by atoms with Crippen LogP contribution in [0.25, 0.3) is 0 Å². The summed E-state index contributed by atoms with van der Waals surface area (Å²) in [4.78, 5) is 0. The molecule has 52 heavy (non-hydrogen) atoms. The summed E-state index contributed by atoms with van der Waals surface area (Å²) in [5.74, 6) is 6.88. The third kappa shape index (κ3) is 5.69. The van der Waals surface area contributed by atoms with Gasteiger partial charge in [-0.15, -0.1) is 0 Å². The van der Waals surface area contributed by atoms with Crippen molar-refractivity contribution in [2.45, 2.75) is 272 Å². The average molecular weight is 820 g/mol. The molecule has 0 amide bonds. The zero-order valence-corrected chi connectivity index (χ0v) is 37.8. The van der Waals surface area contributed by atoms with E-state index in [0.29, 0.717) is 0 Å². The van der Waals surface area contributed by atoms with Crippen molar-refractivity contribution in [3.63, 3.8) is 0 Å². The fourth-order valence-electron chi connectivity index (χ4n) is 20.5. The van der Waals surface area contributed by atoms with E-state index in [1.165, 1.54) is 7.87 Å². The van der Waals surface area contributed by atoms with E-state index in [1.54, 1.807) is 257 Å². The Morgan fingerprint density at radius 3 is 0.635 bits per heavy atom. The normalized spacial score (nSPS) is 34.2. The summed E-state index contributed by atoms with van der Waals surface area (Å²) in [6, 6.07) is 0. The van der Waals surface area contributed by atoms with Crippen molar-refractivity contribution in [3.05, 3.63) is 0 Å². The molecular weight excluding hydrogens is 731 g/mol. The molecule has 0 unspecified atom stereocenters. The average Bonchev–Trinajstić information content (AvgIpc) is 3.24. The molecule has 1 aliphatic heterocycles. The molecule has 9 aliphatic rings. The van der Waals surface area contributed by atoms with Gasteiger partial charge in [-0.05, 0) is 0 Å². The van der Waals surface area contributed by atoms with E-state index in [9.17, 15) is 0 Å². The Morgan fingerprint density at radius 1 is 0.212 bits per heavy atom. The van der Waals surface area contributed by atoms with E-state index in [0.717, 1.165) is 47.8 Å². The van der Waals surface area contributed by atoms with E-state index in [4.69, 9.17) is 0 Å². The first-order valence-electron chi connectivity index (χ1n) is 25.8. The number of hydrogen-bond acceptors (Lipinski definition) is 0. The molecule has 0 aromatic heterocycles. The van der Waals surface area contributed by atoms with Gasteiger partial charge in [-0.1, -0.05) is 0 Å². The summed E-state index contributed by atoms with van der Waals surface area (Å²) in [6.07, 6.45) is 66.2. The van der Waals surface area contributed by atoms with Gasteiger partial charge in [0.2, 0.25) is 0 Å². The van der Waals surface area contributed by atoms with Crippen LogP contribution in [0.1, 0.15) is 257 Å². The van der Waals surface area contributed by atoms with Gasteiger partial charge in [-0.25, -0.2) is 0 Å². The summed E-state index contributed by atoms with van der Waals surface area (Å²) in [5.41, 5.74) is 0.750. The van der Waals surface area contributed by atoms with Crippen molar-refractivity contribution in [1.82, 2.24) is 0 Å². The molecular formula is C51H88Sn. The molecule has 1 heteroatoms. The summed E-state index contributed by atoms with van der Waals surface area (Å²) in [5, 5.41) is 0. The summed E-state index contributed by atoms with van der Waals surface area (Å²) >= 11 is -3.29. The van der Waals surface area contributed by atoms with Gasteiger partial charge in [0, 0.05) is 0 Å². The second-order valence-electron chi connectivity index (χ2n) is 22.2. The predicted molar refractivity (Wildman–Crippen MR) is 227 cm³/mol. The fourth-order valence-corrected chi connectivity index (χ4v) is 57.5. The van der Waals surface area contributed by atoms with Crippen LogP contribution in [0.4, 0.5) is 0 Å². The van der Waals surface area contributed by atoms with Crippen molar-refractivity contribution in [2.24, 2.45) is 40.9 Å². The van der Waals surface area contributed by atoms with Crippen LogP contribution in [0.5, 0.6) is 0 Å².